The van der Waals surface area contributed by atoms with Gasteiger partial charge in [0, 0.05) is 24.7 Å². The molecule has 0 amide bonds. The van der Waals surface area contributed by atoms with E-state index >= 15 is 0 Å². The van der Waals surface area contributed by atoms with Crippen LogP contribution in [0.1, 0.15) is 59.8 Å². The number of rotatable bonds is 5. The van der Waals surface area contributed by atoms with Crippen LogP contribution in [0.4, 0.5) is 0 Å². The zero-order valence-electron chi connectivity index (χ0n) is 12.7. The van der Waals surface area contributed by atoms with Crippen LogP contribution in [0.3, 0.4) is 0 Å². The number of nitrogens with two attached hydrogens (primary N) is 1. The Balaban J connectivity index is 2.87. The Bertz CT molecular complexity index is 235. The van der Waals surface area contributed by atoms with E-state index in [1.165, 1.54) is 19.3 Å². The van der Waals surface area contributed by atoms with Crippen molar-refractivity contribution < 1.29 is 5.11 Å². The van der Waals surface area contributed by atoms with E-state index in [1.54, 1.807) is 0 Å². The van der Waals surface area contributed by atoms with Gasteiger partial charge in [0.25, 0.3) is 0 Å². The third kappa shape index (κ3) is 3.94. The average molecular weight is 256 g/mol. The van der Waals surface area contributed by atoms with Crippen LogP contribution in [0.25, 0.3) is 0 Å². The van der Waals surface area contributed by atoms with Crippen molar-refractivity contribution >= 4 is 0 Å². The topological polar surface area (TPSA) is 49.5 Å². The molecule has 3 heteroatoms. The number of hydrogen-bond donors (Lipinski definition) is 2. The molecule has 0 aromatic rings. The van der Waals surface area contributed by atoms with E-state index in [0.717, 1.165) is 19.4 Å². The smallest absolute Gasteiger partial charge is 0.0445 e. The molecule has 1 fully saturated rings. The SMILES string of the molecule is CCC(N)C(N1CCCCC1CCO)C(C)(C)C. The Labute approximate surface area is 113 Å². The molecule has 1 saturated heterocycles. The average Bonchev–Trinajstić information content (AvgIpc) is 2.30. The molecule has 3 nitrogen and oxygen atoms in total. The predicted octanol–water partition coefficient (Wildman–Crippen LogP) is 2.38. The monoisotopic (exact) mass is 256 g/mol. The molecule has 3 atom stereocenters. The van der Waals surface area contributed by atoms with Crippen LogP contribution in [-0.4, -0.2) is 41.3 Å². The minimum absolute atomic E-state index is 0.195. The standard InChI is InChI=1S/C15H32N2O/c1-5-13(16)14(15(2,3)4)17-10-7-6-8-12(17)9-11-18/h12-14,18H,5-11,16H2,1-4H3. The summed E-state index contributed by atoms with van der Waals surface area (Å²) in [6, 6.07) is 1.16. The molecule has 1 aliphatic rings. The minimum Gasteiger partial charge on any atom is -0.396 e. The molecule has 0 aromatic carbocycles. The maximum atomic E-state index is 9.26. The van der Waals surface area contributed by atoms with Crippen LogP contribution in [0, 0.1) is 5.41 Å². The summed E-state index contributed by atoms with van der Waals surface area (Å²) in [4.78, 5) is 2.59. The summed E-state index contributed by atoms with van der Waals surface area (Å²) in [6.45, 7) is 10.5. The Morgan fingerprint density at radius 3 is 2.50 bits per heavy atom. The van der Waals surface area contributed by atoms with Crippen molar-refractivity contribution in [3.05, 3.63) is 0 Å². The summed E-state index contributed by atoms with van der Waals surface area (Å²) in [5, 5.41) is 9.26. The molecule has 108 valence electrons. The second kappa shape index (κ2) is 6.88. The molecular formula is C15H32N2O. The van der Waals surface area contributed by atoms with Crippen LogP contribution in [0.2, 0.25) is 0 Å². The van der Waals surface area contributed by atoms with E-state index in [0.29, 0.717) is 18.7 Å². The first-order chi connectivity index (χ1) is 8.41. The summed E-state index contributed by atoms with van der Waals surface area (Å²) in [5.41, 5.74) is 6.58. The molecule has 0 bridgehead atoms. The molecule has 1 aliphatic heterocycles. The fraction of sp³-hybridized carbons (Fsp3) is 1.00. The number of nitrogens with zero attached hydrogens (tertiary/aromatic N) is 1. The highest BCUT2D eigenvalue weighted by molar-refractivity contribution is 4.94. The zero-order chi connectivity index (χ0) is 13.8. The number of piperidine rings is 1. The molecule has 1 rings (SSSR count). The van der Waals surface area contributed by atoms with Gasteiger partial charge in [0.1, 0.15) is 0 Å². The number of aliphatic hydroxyl groups is 1. The molecule has 0 aromatic heterocycles. The van der Waals surface area contributed by atoms with Gasteiger partial charge in [-0.1, -0.05) is 34.1 Å². The second-order valence-electron chi connectivity index (χ2n) is 6.78. The van der Waals surface area contributed by atoms with Gasteiger partial charge in [0.2, 0.25) is 0 Å². The van der Waals surface area contributed by atoms with Crippen molar-refractivity contribution in [1.29, 1.82) is 0 Å². The number of hydrogen-bond acceptors (Lipinski definition) is 3. The van der Waals surface area contributed by atoms with E-state index in [-0.39, 0.29) is 11.5 Å². The van der Waals surface area contributed by atoms with Gasteiger partial charge < -0.3 is 10.8 Å². The van der Waals surface area contributed by atoms with Gasteiger partial charge in [-0.3, -0.25) is 4.90 Å². The fourth-order valence-corrected chi connectivity index (χ4v) is 3.46. The molecule has 3 unspecified atom stereocenters. The van der Waals surface area contributed by atoms with Crippen LogP contribution in [0.5, 0.6) is 0 Å². The molecule has 3 N–H and O–H groups in total. The molecule has 0 spiro atoms. The highest BCUT2D eigenvalue weighted by atomic mass is 16.3. The van der Waals surface area contributed by atoms with Gasteiger partial charge in [0.05, 0.1) is 0 Å². The van der Waals surface area contributed by atoms with Gasteiger partial charge in [-0.2, -0.15) is 0 Å². The molecule has 0 radical (unpaired) electrons. The van der Waals surface area contributed by atoms with Crippen LogP contribution in [-0.2, 0) is 0 Å². The van der Waals surface area contributed by atoms with E-state index in [4.69, 9.17) is 5.73 Å². The summed E-state index contributed by atoms with van der Waals surface area (Å²) in [5.74, 6) is 0. The Morgan fingerprint density at radius 1 is 1.33 bits per heavy atom. The molecule has 0 aliphatic carbocycles. The Hall–Kier alpha value is -0.120. The highest BCUT2D eigenvalue weighted by Gasteiger charge is 2.38. The zero-order valence-corrected chi connectivity index (χ0v) is 12.7. The predicted molar refractivity (Wildman–Crippen MR) is 77.6 cm³/mol. The maximum Gasteiger partial charge on any atom is 0.0445 e. The largest absolute Gasteiger partial charge is 0.396 e. The van der Waals surface area contributed by atoms with Crippen LogP contribution < -0.4 is 5.73 Å². The van der Waals surface area contributed by atoms with Crippen molar-refractivity contribution in [2.75, 3.05) is 13.2 Å². The number of likely N-dealkylation sites (tertiary alicyclic amines) is 1. The summed E-state index contributed by atoms with van der Waals surface area (Å²) in [7, 11) is 0. The molecule has 1 heterocycles. The first-order valence-electron chi connectivity index (χ1n) is 7.54. The van der Waals surface area contributed by atoms with Crippen LogP contribution in [0.15, 0.2) is 0 Å². The van der Waals surface area contributed by atoms with Crippen molar-refractivity contribution in [2.45, 2.75) is 77.9 Å². The van der Waals surface area contributed by atoms with E-state index in [2.05, 4.69) is 32.6 Å². The lowest BCUT2D eigenvalue weighted by atomic mass is 9.78. The summed E-state index contributed by atoms with van der Waals surface area (Å²) < 4.78 is 0. The lowest BCUT2D eigenvalue weighted by Crippen LogP contribution is -2.59. The third-order valence-corrected chi connectivity index (χ3v) is 4.26. The van der Waals surface area contributed by atoms with Crippen molar-refractivity contribution in [1.82, 2.24) is 4.90 Å². The molecule has 18 heavy (non-hydrogen) atoms. The quantitative estimate of drug-likeness (QED) is 0.794. The molecular weight excluding hydrogens is 224 g/mol. The lowest BCUT2D eigenvalue weighted by Gasteiger charge is -2.49. The van der Waals surface area contributed by atoms with E-state index < -0.39 is 0 Å². The van der Waals surface area contributed by atoms with Gasteiger partial charge in [-0.15, -0.1) is 0 Å². The van der Waals surface area contributed by atoms with Crippen molar-refractivity contribution in [2.24, 2.45) is 11.1 Å². The maximum absolute atomic E-state index is 9.26. The first kappa shape index (κ1) is 15.9. The van der Waals surface area contributed by atoms with E-state index in [9.17, 15) is 5.11 Å². The first-order valence-corrected chi connectivity index (χ1v) is 7.54. The second-order valence-corrected chi connectivity index (χ2v) is 6.78. The van der Waals surface area contributed by atoms with Gasteiger partial charge in [0.15, 0.2) is 0 Å². The lowest BCUT2D eigenvalue weighted by molar-refractivity contribution is 0.00900. The third-order valence-electron chi connectivity index (χ3n) is 4.26. The van der Waals surface area contributed by atoms with Crippen molar-refractivity contribution in [3.8, 4) is 0 Å². The molecule has 0 saturated carbocycles. The van der Waals surface area contributed by atoms with Crippen LogP contribution >= 0.6 is 0 Å². The van der Waals surface area contributed by atoms with Crippen molar-refractivity contribution in [3.63, 3.8) is 0 Å². The van der Waals surface area contributed by atoms with E-state index in [1.807, 2.05) is 0 Å². The minimum atomic E-state index is 0.195. The van der Waals surface area contributed by atoms with Gasteiger partial charge in [-0.25, -0.2) is 0 Å². The summed E-state index contributed by atoms with van der Waals surface area (Å²) in [6.07, 6.45) is 5.68. The fourth-order valence-electron chi connectivity index (χ4n) is 3.46. The summed E-state index contributed by atoms with van der Waals surface area (Å²) >= 11 is 0. The number of aliphatic hydroxyl groups excluding tert-OH is 1. The Morgan fingerprint density at radius 2 is 2.00 bits per heavy atom. The van der Waals surface area contributed by atoms with Gasteiger partial charge >= 0.3 is 0 Å². The normalized spacial score (nSPS) is 26.0. The Kier molecular flexibility index (Phi) is 6.09. The van der Waals surface area contributed by atoms with Gasteiger partial charge in [-0.05, 0) is 37.6 Å². The highest BCUT2D eigenvalue weighted by Crippen LogP contribution is 2.33.